The molecule has 2 N–H and O–H groups in total. The van der Waals surface area contributed by atoms with Crippen LogP contribution in [0.1, 0.15) is 0 Å². The van der Waals surface area contributed by atoms with Crippen molar-refractivity contribution < 1.29 is 13.2 Å². The maximum absolute atomic E-state index is 11.5. The third-order valence-electron chi connectivity index (χ3n) is 0.640. The lowest BCUT2D eigenvalue weighted by Crippen LogP contribution is -2.20. The molecule has 0 heterocycles. The maximum atomic E-state index is 11.5. The van der Waals surface area contributed by atoms with Crippen molar-refractivity contribution in [3.8, 4) is 6.07 Å². The van der Waals surface area contributed by atoms with E-state index in [-0.39, 0.29) is 0 Å². The van der Waals surface area contributed by atoms with Gasteiger partial charge < -0.3 is 5.73 Å². The van der Waals surface area contributed by atoms with E-state index in [1.54, 1.807) is 0 Å². The number of nitriles is 1. The van der Waals surface area contributed by atoms with Gasteiger partial charge in [0.1, 0.15) is 16.2 Å². The molecule has 0 aromatic heterocycles. The molecule has 0 aliphatic heterocycles. The lowest BCUT2D eigenvalue weighted by Gasteiger charge is -2.04. The number of hydrogen-bond acceptors (Lipinski definition) is 2. The van der Waals surface area contributed by atoms with Crippen LogP contribution in [0.3, 0.4) is 0 Å². The largest absolute Gasteiger partial charge is 0.432 e. The molecule has 0 saturated heterocycles. The lowest BCUT2D eigenvalue weighted by atomic mass is 10.4. The Hall–Kier alpha value is -0.700. The van der Waals surface area contributed by atoms with Crippen molar-refractivity contribution in [2.24, 2.45) is 5.73 Å². The van der Waals surface area contributed by atoms with E-state index in [2.05, 4.69) is 21.7 Å². The quantitative estimate of drug-likeness (QED) is 0.624. The fraction of sp³-hybridized carbons (Fsp3) is 0.250. The van der Waals surface area contributed by atoms with Crippen LogP contribution in [0, 0.1) is 11.3 Å². The summed E-state index contributed by atoms with van der Waals surface area (Å²) in [6.07, 6.45) is -4.63. The average Bonchev–Trinajstić information content (AvgIpc) is 1.83. The van der Waals surface area contributed by atoms with Gasteiger partial charge in [0.25, 0.3) is 0 Å². The summed E-state index contributed by atoms with van der Waals surface area (Å²) in [6, 6.07) is 1.22. The van der Waals surface area contributed by atoms with Gasteiger partial charge in [0, 0.05) is 0 Å². The van der Waals surface area contributed by atoms with E-state index < -0.39 is 16.4 Å². The summed E-state index contributed by atoms with van der Waals surface area (Å²) in [5, 5.41) is 7.93. The van der Waals surface area contributed by atoms with E-state index in [0.29, 0.717) is 0 Å². The van der Waals surface area contributed by atoms with Crippen molar-refractivity contribution in [2.75, 3.05) is 0 Å². The molecule has 0 unspecified atom stereocenters. The van der Waals surface area contributed by atoms with Crippen LogP contribution in [0.15, 0.2) is 10.2 Å². The first-order chi connectivity index (χ1) is 4.39. The summed E-state index contributed by atoms with van der Waals surface area (Å²) in [5.41, 5.74) is 3.08. The molecule has 0 fully saturated rings. The van der Waals surface area contributed by atoms with E-state index in [1.165, 1.54) is 6.07 Å². The van der Waals surface area contributed by atoms with Crippen LogP contribution in [0.25, 0.3) is 0 Å². The number of alkyl halides is 3. The molecule has 0 aliphatic rings. The lowest BCUT2D eigenvalue weighted by molar-refractivity contribution is -0.0927. The molecule has 0 radical (unpaired) electrons. The van der Waals surface area contributed by atoms with Gasteiger partial charge in [-0.25, -0.2) is 0 Å². The summed E-state index contributed by atoms with van der Waals surface area (Å²) in [6.45, 7) is 0. The minimum atomic E-state index is -4.63. The predicted molar refractivity (Wildman–Crippen MR) is 31.8 cm³/mol. The number of nitrogens with zero attached hydrogens (tertiary/aromatic N) is 1. The number of nitrogens with two attached hydrogens (primary N) is 1. The van der Waals surface area contributed by atoms with E-state index in [1.807, 2.05) is 0 Å². The summed E-state index contributed by atoms with van der Waals surface area (Å²) in [5.74, 6) is 0. The maximum Gasteiger partial charge on any atom is 0.432 e. The summed E-state index contributed by atoms with van der Waals surface area (Å²) in [7, 11) is 0. The van der Waals surface area contributed by atoms with E-state index in [0.717, 1.165) is 0 Å². The number of rotatable bonds is 0. The summed E-state index contributed by atoms with van der Waals surface area (Å²) in [4.78, 5) is 0. The second kappa shape index (κ2) is 2.92. The zero-order valence-electron chi connectivity index (χ0n) is 4.54. The van der Waals surface area contributed by atoms with E-state index >= 15 is 0 Å². The van der Waals surface area contributed by atoms with Crippen LogP contribution < -0.4 is 5.73 Å². The van der Waals surface area contributed by atoms with Crippen LogP contribution in [0.4, 0.5) is 13.2 Å². The smallest absolute Gasteiger partial charge is 0.393 e. The molecule has 0 bridgehead atoms. The van der Waals surface area contributed by atoms with Crippen LogP contribution in [-0.2, 0) is 0 Å². The second-order valence-electron chi connectivity index (χ2n) is 1.34. The Labute approximate surface area is 63.2 Å². The van der Waals surface area contributed by atoms with Gasteiger partial charge in [-0.3, -0.25) is 0 Å². The Morgan fingerprint density at radius 1 is 1.50 bits per heavy atom. The van der Waals surface area contributed by atoms with Gasteiger partial charge in [-0.2, -0.15) is 18.4 Å². The molecule has 0 aromatic carbocycles. The minimum absolute atomic E-state index is 0.694. The Balaban J connectivity index is 4.69. The first kappa shape index (κ1) is 9.30. The average molecular weight is 215 g/mol. The molecule has 0 spiro atoms. The Bertz CT molecular complexity index is 200. The number of halogens is 4. The van der Waals surface area contributed by atoms with E-state index in [4.69, 9.17) is 5.26 Å². The first-order valence-electron chi connectivity index (χ1n) is 2.02. The van der Waals surface area contributed by atoms with E-state index in [9.17, 15) is 13.2 Å². The second-order valence-corrected chi connectivity index (χ2v) is 2.13. The molecule has 0 rings (SSSR count). The third-order valence-corrected chi connectivity index (χ3v) is 1.24. The molecule has 0 aliphatic carbocycles. The molecule has 10 heavy (non-hydrogen) atoms. The molecule has 2 nitrogen and oxygen atoms in total. The minimum Gasteiger partial charge on any atom is -0.393 e. The number of hydrogen-bond donors (Lipinski definition) is 1. The van der Waals surface area contributed by atoms with Crippen molar-refractivity contribution in [1.82, 2.24) is 0 Å². The van der Waals surface area contributed by atoms with Crippen LogP contribution in [0.2, 0.25) is 0 Å². The molecule has 0 aromatic rings. The fourth-order valence-corrected chi connectivity index (χ4v) is 0.409. The normalized spacial score (nSPS) is 13.9. The van der Waals surface area contributed by atoms with Crippen molar-refractivity contribution in [3.05, 3.63) is 10.2 Å². The topological polar surface area (TPSA) is 49.8 Å². The van der Waals surface area contributed by atoms with Gasteiger partial charge in [-0.15, -0.1) is 0 Å². The molecular weight excluding hydrogens is 213 g/mol. The number of allylic oxidation sites excluding steroid dienone is 2. The summed E-state index contributed by atoms with van der Waals surface area (Å²) < 4.78 is 33.9. The molecular formula is C4H2BrF3N2. The molecule has 6 heteroatoms. The standard InChI is InChI=1S/C4H2BrF3N2/c5-2(1-9)3(10)4(6,7)8/h10H2. The van der Waals surface area contributed by atoms with Crippen LogP contribution >= 0.6 is 15.9 Å². The van der Waals surface area contributed by atoms with Gasteiger partial charge in [-0.05, 0) is 15.9 Å². The SMILES string of the molecule is N#CC(Br)=C(N)C(F)(F)F. The first-order valence-corrected chi connectivity index (χ1v) is 2.81. The molecule has 0 amide bonds. The highest BCUT2D eigenvalue weighted by atomic mass is 79.9. The highest BCUT2D eigenvalue weighted by molar-refractivity contribution is 9.12. The highest BCUT2D eigenvalue weighted by Gasteiger charge is 2.33. The Morgan fingerprint density at radius 3 is 2.00 bits per heavy atom. The zero-order valence-corrected chi connectivity index (χ0v) is 6.12. The van der Waals surface area contributed by atoms with Gasteiger partial charge in [0.05, 0.1) is 0 Å². The molecule has 0 saturated carbocycles. The van der Waals surface area contributed by atoms with Crippen molar-refractivity contribution in [1.29, 1.82) is 5.26 Å². The third kappa shape index (κ3) is 2.27. The Kier molecular flexibility index (Phi) is 2.72. The predicted octanol–water partition coefficient (Wildman–Crippen LogP) is 1.64. The molecule has 56 valence electrons. The van der Waals surface area contributed by atoms with Crippen LogP contribution in [0.5, 0.6) is 0 Å². The van der Waals surface area contributed by atoms with Gasteiger partial charge in [0.15, 0.2) is 0 Å². The van der Waals surface area contributed by atoms with Gasteiger partial charge in [-0.1, -0.05) is 0 Å². The van der Waals surface area contributed by atoms with Crippen LogP contribution in [-0.4, -0.2) is 6.18 Å². The van der Waals surface area contributed by atoms with Gasteiger partial charge >= 0.3 is 6.18 Å². The monoisotopic (exact) mass is 214 g/mol. The van der Waals surface area contributed by atoms with Crippen molar-refractivity contribution in [3.63, 3.8) is 0 Å². The van der Waals surface area contributed by atoms with Gasteiger partial charge in [0.2, 0.25) is 0 Å². The fourth-order valence-electron chi connectivity index (χ4n) is 0.185. The van der Waals surface area contributed by atoms with Crippen molar-refractivity contribution in [2.45, 2.75) is 6.18 Å². The zero-order chi connectivity index (χ0) is 8.36. The Morgan fingerprint density at radius 2 is 1.90 bits per heavy atom. The van der Waals surface area contributed by atoms with Crippen molar-refractivity contribution >= 4 is 15.9 Å². The molecule has 0 atom stereocenters. The summed E-state index contributed by atoms with van der Waals surface area (Å²) >= 11 is 2.35. The highest BCUT2D eigenvalue weighted by Crippen LogP contribution is 2.25.